The van der Waals surface area contributed by atoms with Crippen molar-refractivity contribution in [1.82, 2.24) is 0 Å². The third-order valence-corrected chi connectivity index (χ3v) is 6.05. The van der Waals surface area contributed by atoms with Gasteiger partial charge in [0.15, 0.2) is 0 Å². The second-order valence-corrected chi connectivity index (χ2v) is 9.63. The first-order chi connectivity index (χ1) is 18.7. The lowest BCUT2D eigenvalue weighted by Crippen LogP contribution is -2.05. The maximum Gasteiger partial charge on any atom is 0.308 e. The van der Waals surface area contributed by atoms with Crippen LogP contribution >= 0.6 is 0 Å². The topological polar surface area (TPSA) is 52.6 Å². The van der Waals surface area contributed by atoms with Crippen LogP contribution in [0.2, 0.25) is 0 Å². The summed E-state index contributed by atoms with van der Waals surface area (Å²) < 4.78 is 10.6. The van der Waals surface area contributed by atoms with Gasteiger partial charge in [-0.3, -0.25) is 9.59 Å². The molecular formula is C35H32O4. The van der Waals surface area contributed by atoms with Gasteiger partial charge in [0.1, 0.15) is 11.5 Å². The summed E-state index contributed by atoms with van der Waals surface area (Å²) in [7, 11) is 0. The normalized spacial score (nSPS) is 11.2. The van der Waals surface area contributed by atoms with E-state index < -0.39 is 0 Å². The van der Waals surface area contributed by atoms with Gasteiger partial charge >= 0.3 is 11.9 Å². The Bertz CT molecular complexity index is 1520. The second kappa shape index (κ2) is 12.7. The van der Waals surface area contributed by atoms with Crippen LogP contribution in [0.3, 0.4) is 0 Å². The zero-order valence-electron chi connectivity index (χ0n) is 22.7. The van der Waals surface area contributed by atoms with Gasteiger partial charge in [-0.25, -0.2) is 0 Å². The van der Waals surface area contributed by atoms with Crippen LogP contribution in [-0.4, -0.2) is 11.9 Å². The maximum absolute atomic E-state index is 11.8. The molecule has 0 atom stereocenters. The number of hydrogen-bond acceptors (Lipinski definition) is 4. The van der Waals surface area contributed by atoms with Crippen molar-refractivity contribution < 1.29 is 19.1 Å². The van der Waals surface area contributed by atoms with Gasteiger partial charge in [0.2, 0.25) is 0 Å². The van der Waals surface area contributed by atoms with Gasteiger partial charge in [-0.2, -0.15) is 0 Å². The first kappa shape index (κ1) is 27.3. The molecule has 4 heteroatoms. The van der Waals surface area contributed by atoms with Gasteiger partial charge < -0.3 is 9.47 Å². The molecule has 0 amide bonds. The highest BCUT2D eigenvalue weighted by Crippen LogP contribution is 2.26. The van der Waals surface area contributed by atoms with Crippen molar-refractivity contribution in [3.8, 4) is 11.5 Å². The fourth-order valence-corrected chi connectivity index (χ4v) is 4.28. The molecule has 0 bridgehead atoms. The predicted molar refractivity (Wildman–Crippen MR) is 159 cm³/mol. The standard InChI is InChI=1S/C35H32O4/c1-24-5-7-28(8-6-24)10-12-31-19-25(2)20-32(21-31)23-33-22-30(15-18-35(33)39-27(4)37)11-9-29-13-16-34(17-14-29)38-26(3)36/h5-22H,23H2,1-4H3/b11-9+,12-10+. The molecule has 0 fully saturated rings. The average molecular weight is 517 g/mol. The van der Waals surface area contributed by atoms with E-state index in [0.717, 1.165) is 33.4 Å². The fraction of sp³-hybridized carbons (Fsp3) is 0.143. The van der Waals surface area contributed by atoms with E-state index in [-0.39, 0.29) is 11.9 Å². The minimum absolute atomic E-state index is 0.346. The highest BCUT2D eigenvalue weighted by atomic mass is 16.5. The molecule has 0 aromatic heterocycles. The van der Waals surface area contributed by atoms with Crippen LogP contribution in [0.15, 0.2) is 84.9 Å². The zero-order chi connectivity index (χ0) is 27.8. The molecule has 196 valence electrons. The van der Waals surface area contributed by atoms with Crippen molar-refractivity contribution in [3.05, 3.63) is 129 Å². The summed E-state index contributed by atoms with van der Waals surface area (Å²) in [6, 6.07) is 28.1. The molecule has 39 heavy (non-hydrogen) atoms. The van der Waals surface area contributed by atoms with Crippen molar-refractivity contribution >= 4 is 36.2 Å². The number of carbonyl (C=O) groups excluding carboxylic acids is 2. The van der Waals surface area contributed by atoms with Crippen molar-refractivity contribution in [3.63, 3.8) is 0 Å². The zero-order valence-corrected chi connectivity index (χ0v) is 22.7. The number of esters is 2. The molecule has 0 saturated heterocycles. The van der Waals surface area contributed by atoms with Crippen LogP contribution in [0.5, 0.6) is 11.5 Å². The first-order valence-corrected chi connectivity index (χ1v) is 12.9. The molecule has 0 spiro atoms. The Morgan fingerprint density at radius 1 is 0.590 bits per heavy atom. The number of carbonyl (C=O) groups is 2. The molecule has 0 unspecified atom stereocenters. The molecule has 4 nitrogen and oxygen atoms in total. The number of rotatable bonds is 8. The van der Waals surface area contributed by atoms with Crippen molar-refractivity contribution in [2.24, 2.45) is 0 Å². The smallest absolute Gasteiger partial charge is 0.308 e. The van der Waals surface area contributed by atoms with E-state index in [1.54, 1.807) is 12.1 Å². The van der Waals surface area contributed by atoms with E-state index >= 15 is 0 Å². The average Bonchev–Trinajstić information content (AvgIpc) is 2.88. The first-order valence-electron chi connectivity index (χ1n) is 12.9. The Kier molecular flexibility index (Phi) is 8.90. The minimum atomic E-state index is -0.349. The summed E-state index contributed by atoms with van der Waals surface area (Å²) in [6.07, 6.45) is 8.86. The Balaban J connectivity index is 1.57. The molecule has 0 aliphatic heterocycles. The van der Waals surface area contributed by atoms with Crippen LogP contribution in [0.1, 0.15) is 58.4 Å². The van der Waals surface area contributed by atoms with Crippen LogP contribution < -0.4 is 9.47 Å². The van der Waals surface area contributed by atoms with Gasteiger partial charge in [-0.15, -0.1) is 0 Å². The summed E-state index contributed by atoms with van der Waals surface area (Å²) in [5.41, 5.74) is 8.69. The number of hydrogen-bond donors (Lipinski definition) is 0. The summed E-state index contributed by atoms with van der Waals surface area (Å²) in [4.78, 5) is 22.9. The molecule has 4 rings (SSSR count). The second-order valence-electron chi connectivity index (χ2n) is 9.63. The highest BCUT2D eigenvalue weighted by molar-refractivity contribution is 5.74. The number of ether oxygens (including phenoxy) is 2. The van der Waals surface area contributed by atoms with E-state index in [1.807, 2.05) is 42.5 Å². The lowest BCUT2D eigenvalue weighted by atomic mass is 9.97. The van der Waals surface area contributed by atoms with Gasteiger partial charge in [0, 0.05) is 20.3 Å². The van der Waals surface area contributed by atoms with Crippen LogP contribution in [0, 0.1) is 13.8 Å². The molecule has 0 heterocycles. The van der Waals surface area contributed by atoms with E-state index in [0.29, 0.717) is 17.9 Å². The van der Waals surface area contributed by atoms with Crippen molar-refractivity contribution in [2.75, 3.05) is 0 Å². The SMILES string of the molecule is CC(=O)Oc1ccc(/C=C/c2ccc(OC(C)=O)c(Cc3cc(C)cc(/C=C/c4ccc(C)cc4)c3)c2)cc1. The molecule has 0 saturated carbocycles. The Labute approximate surface area is 230 Å². The Hall–Kier alpha value is -4.70. The van der Waals surface area contributed by atoms with Gasteiger partial charge in [-0.1, -0.05) is 96.1 Å². The molecular weight excluding hydrogens is 484 g/mol. The molecule has 0 radical (unpaired) electrons. The van der Waals surface area contributed by atoms with E-state index in [9.17, 15) is 9.59 Å². The monoisotopic (exact) mass is 516 g/mol. The van der Waals surface area contributed by atoms with E-state index in [4.69, 9.17) is 9.47 Å². The van der Waals surface area contributed by atoms with Gasteiger partial charge in [0.25, 0.3) is 0 Å². The molecule has 4 aromatic carbocycles. The lowest BCUT2D eigenvalue weighted by molar-refractivity contribution is -0.132. The summed E-state index contributed by atoms with van der Waals surface area (Å²) >= 11 is 0. The predicted octanol–water partition coefficient (Wildman–Crippen LogP) is 8.09. The number of aryl methyl sites for hydroxylation is 2. The fourth-order valence-electron chi connectivity index (χ4n) is 4.28. The number of benzene rings is 4. The minimum Gasteiger partial charge on any atom is -0.427 e. The summed E-state index contributed by atoms with van der Waals surface area (Å²) in [5, 5.41) is 0. The quantitative estimate of drug-likeness (QED) is 0.135. The lowest BCUT2D eigenvalue weighted by Gasteiger charge is -2.12. The largest absolute Gasteiger partial charge is 0.427 e. The summed E-state index contributed by atoms with van der Waals surface area (Å²) in [6.45, 7) is 6.97. The molecule has 4 aromatic rings. The van der Waals surface area contributed by atoms with Crippen molar-refractivity contribution in [2.45, 2.75) is 34.1 Å². The Morgan fingerprint density at radius 3 is 1.79 bits per heavy atom. The molecule has 0 aliphatic carbocycles. The summed E-state index contributed by atoms with van der Waals surface area (Å²) in [5.74, 6) is 0.377. The Morgan fingerprint density at radius 2 is 1.15 bits per heavy atom. The maximum atomic E-state index is 11.8. The van der Waals surface area contributed by atoms with Gasteiger partial charge in [-0.05, 0) is 71.5 Å². The molecule has 0 N–H and O–H groups in total. The van der Waals surface area contributed by atoms with E-state index in [2.05, 4.69) is 68.5 Å². The van der Waals surface area contributed by atoms with Crippen LogP contribution in [-0.2, 0) is 16.0 Å². The molecule has 0 aliphatic rings. The third kappa shape index (κ3) is 8.41. The van der Waals surface area contributed by atoms with Crippen LogP contribution in [0.25, 0.3) is 24.3 Å². The highest BCUT2D eigenvalue weighted by Gasteiger charge is 2.09. The third-order valence-electron chi connectivity index (χ3n) is 6.05. The van der Waals surface area contributed by atoms with Crippen molar-refractivity contribution in [1.29, 1.82) is 0 Å². The van der Waals surface area contributed by atoms with E-state index in [1.165, 1.54) is 25.0 Å². The van der Waals surface area contributed by atoms with Gasteiger partial charge in [0.05, 0.1) is 0 Å². The van der Waals surface area contributed by atoms with Crippen LogP contribution in [0.4, 0.5) is 0 Å².